The zero-order valence-corrected chi connectivity index (χ0v) is 27.3. The molecule has 0 unspecified atom stereocenters. The molecule has 2 heterocycles. The second-order valence-electron chi connectivity index (χ2n) is 13.2. The van der Waals surface area contributed by atoms with E-state index in [2.05, 4.69) is 164 Å². The third-order valence-electron chi connectivity index (χ3n) is 10.3. The third kappa shape index (κ3) is 4.30. The summed E-state index contributed by atoms with van der Waals surface area (Å²) in [5.41, 5.74) is 6.70. The van der Waals surface area contributed by atoms with Gasteiger partial charge in [0.05, 0.1) is 0 Å². The van der Waals surface area contributed by atoms with E-state index in [1.54, 1.807) is 0 Å². The molecular weight excluding hydrogens is 623 g/mol. The molecule has 236 valence electrons. The summed E-state index contributed by atoms with van der Waals surface area (Å²) in [7, 11) is 0. The molecule has 0 aliphatic heterocycles. The van der Waals surface area contributed by atoms with Crippen LogP contribution in [-0.2, 0) is 0 Å². The molecule has 0 saturated heterocycles. The van der Waals surface area contributed by atoms with Crippen LogP contribution in [-0.4, -0.2) is 15.0 Å². The number of rotatable bonds is 4. The van der Waals surface area contributed by atoms with Gasteiger partial charge in [-0.25, -0.2) is 15.0 Å². The Labute approximate surface area is 292 Å². The predicted octanol–water partition coefficient (Wildman–Crippen LogP) is 12.5. The van der Waals surface area contributed by atoms with E-state index in [-0.39, 0.29) is 0 Å². The molecule has 2 aromatic heterocycles. The highest BCUT2D eigenvalue weighted by molar-refractivity contribution is 6.34. The lowest BCUT2D eigenvalue weighted by molar-refractivity contribution is 0.670. The normalized spacial score (nSPS) is 11.9. The highest BCUT2D eigenvalue weighted by Crippen LogP contribution is 2.45. The first kappa shape index (κ1) is 28.0. The fourth-order valence-electron chi connectivity index (χ4n) is 7.88. The van der Waals surface area contributed by atoms with Gasteiger partial charge >= 0.3 is 0 Å². The van der Waals surface area contributed by atoms with Crippen LogP contribution in [0, 0.1) is 0 Å². The number of fused-ring (bicyclic) bond motifs is 5. The highest BCUT2D eigenvalue weighted by atomic mass is 16.3. The van der Waals surface area contributed by atoms with E-state index in [0.29, 0.717) is 17.5 Å². The summed E-state index contributed by atoms with van der Waals surface area (Å²) in [5, 5.41) is 11.8. The fourth-order valence-corrected chi connectivity index (χ4v) is 7.88. The Morgan fingerprint density at radius 1 is 0.333 bits per heavy atom. The molecule has 0 atom stereocenters. The van der Waals surface area contributed by atoms with Gasteiger partial charge in [-0.15, -0.1) is 0 Å². The second-order valence-corrected chi connectivity index (χ2v) is 13.2. The van der Waals surface area contributed by atoms with E-state index in [4.69, 9.17) is 19.4 Å². The average molecular weight is 650 g/mol. The van der Waals surface area contributed by atoms with Crippen LogP contribution >= 0.6 is 0 Å². The van der Waals surface area contributed by atoms with Gasteiger partial charge in [-0.1, -0.05) is 140 Å². The van der Waals surface area contributed by atoms with E-state index in [0.717, 1.165) is 55.1 Å². The third-order valence-corrected chi connectivity index (χ3v) is 10.3. The van der Waals surface area contributed by atoms with Crippen molar-refractivity contribution >= 4 is 65.0 Å². The topological polar surface area (TPSA) is 51.8 Å². The Morgan fingerprint density at radius 3 is 1.78 bits per heavy atom. The molecule has 0 N–H and O–H groups in total. The molecule has 4 heteroatoms. The van der Waals surface area contributed by atoms with Crippen molar-refractivity contribution in [2.24, 2.45) is 0 Å². The van der Waals surface area contributed by atoms with Crippen molar-refractivity contribution in [3.05, 3.63) is 164 Å². The van der Waals surface area contributed by atoms with Crippen molar-refractivity contribution in [1.29, 1.82) is 0 Å². The summed E-state index contributed by atoms with van der Waals surface area (Å²) < 4.78 is 6.71. The van der Waals surface area contributed by atoms with E-state index in [1.807, 2.05) is 0 Å². The molecule has 0 fully saturated rings. The molecule has 0 amide bonds. The van der Waals surface area contributed by atoms with Gasteiger partial charge in [-0.05, 0) is 72.9 Å². The first-order valence-corrected chi connectivity index (χ1v) is 17.2. The van der Waals surface area contributed by atoms with E-state index in [1.165, 1.54) is 37.7 Å². The second kappa shape index (κ2) is 10.8. The number of nitrogens with zero attached hydrogens (tertiary/aromatic N) is 3. The standard InChI is InChI=1S/C47H27N3O/c1-2-12-30-26-33(23-22-28(30)10-1)46-48-45(49-47(50-46)40-20-8-13-29-11-3-4-16-34(29)40)32-15-7-14-31(27-32)35-24-25-39-37-18-6-5-17-36(37)38-19-9-21-41-42(38)43(39)44(35)51-41/h1-27H. The molecular formula is C47H27N3O. The lowest BCUT2D eigenvalue weighted by Crippen LogP contribution is -2.00. The molecule has 9 aromatic carbocycles. The Bertz CT molecular complexity index is 3150. The van der Waals surface area contributed by atoms with Crippen LogP contribution in [0.3, 0.4) is 0 Å². The SMILES string of the molecule is c1cc(-c2nc(-c3ccc4ccccc4c3)nc(-c3cccc4ccccc34)n2)cc(-c2ccc3c4ccccc4c4cccc5oc2c3c54)c1. The van der Waals surface area contributed by atoms with Crippen molar-refractivity contribution in [2.75, 3.05) is 0 Å². The molecule has 0 saturated carbocycles. The quantitative estimate of drug-likeness (QED) is 0.178. The van der Waals surface area contributed by atoms with Gasteiger partial charge in [0.15, 0.2) is 17.5 Å². The van der Waals surface area contributed by atoms with Gasteiger partial charge in [0.1, 0.15) is 11.2 Å². The number of aromatic nitrogens is 3. The molecule has 0 spiro atoms. The number of furan rings is 1. The first-order valence-electron chi connectivity index (χ1n) is 17.2. The van der Waals surface area contributed by atoms with Crippen molar-refractivity contribution in [3.63, 3.8) is 0 Å². The van der Waals surface area contributed by atoms with Gasteiger partial charge in [0, 0.05) is 33.0 Å². The number of benzene rings is 9. The van der Waals surface area contributed by atoms with Crippen molar-refractivity contribution in [2.45, 2.75) is 0 Å². The Kier molecular flexibility index (Phi) is 5.92. The monoisotopic (exact) mass is 649 g/mol. The summed E-state index contributed by atoms with van der Waals surface area (Å²) in [6.07, 6.45) is 0. The largest absolute Gasteiger partial charge is 0.455 e. The Hall–Kier alpha value is -6.91. The maximum Gasteiger partial charge on any atom is 0.164 e. The van der Waals surface area contributed by atoms with Crippen molar-refractivity contribution in [3.8, 4) is 45.3 Å². The van der Waals surface area contributed by atoms with Crippen LogP contribution in [0.25, 0.3) is 110 Å². The molecule has 0 aliphatic carbocycles. The molecule has 11 aromatic rings. The van der Waals surface area contributed by atoms with E-state index < -0.39 is 0 Å². The van der Waals surface area contributed by atoms with Gasteiger partial charge < -0.3 is 4.42 Å². The first-order chi connectivity index (χ1) is 25.3. The molecule has 4 nitrogen and oxygen atoms in total. The summed E-state index contributed by atoms with van der Waals surface area (Å²) in [6.45, 7) is 0. The Balaban J connectivity index is 1.13. The predicted molar refractivity (Wildman–Crippen MR) is 210 cm³/mol. The fraction of sp³-hybridized carbons (Fsp3) is 0. The summed E-state index contributed by atoms with van der Waals surface area (Å²) in [6, 6.07) is 57.3. The highest BCUT2D eigenvalue weighted by Gasteiger charge is 2.21. The summed E-state index contributed by atoms with van der Waals surface area (Å²) >= 11 is 0. The summed E-state index contributed by atoms with van der Waals surface area (Å²) in [5.74, 6) is 1.90. The van der Waals surface area contributed by atoms with Gasteiger partial charge in [-0.2, -0.15) is 0 Å². The zero-order valence-electron chi connectivity index (χ0n) is 27.3. The minimum Gasteiger partial charge on any atom is -0.455 e. The molecule has 0 radical (unpaired) electrons. The van der Waals surface area contributed by atoms with Gasteiger partial charge in [0.2, 0.25) is 0 Å². The lowest BCUT2D eigenvalue weighted by atomic mass is 9.92. The van der Waals surface area contributed by atoms with Crippen LogP contribution in [0.1, 0.15) is 0 Å². The maximum atomic E-state index is 6.71. The molecule has 11 rings (SSSR count). The smallest absolute Gasteiger partial charge is 0.164 e. The average Bonchev–Trinajstić information content (AvgIpc) is 3.60. The number of hydrogen-bond acceptors (Lipinski definition) is 4. The summed E-state index contributed by atoms with van der Waals surface area (Å²) in [4.78, 5) is 15.4. The zero-order chi connectivity index (χ0) is 33.5. The maximum absolute atomic E-state index is 6.71. The van der Waals surface area contributed by atoms with Crippen LogP contribution in [0.15, 0.2) is 168 Å². The van der Waals surface area contributed by atoms with Gasteiger partial charge in [-0.3, -0.25) is 0 Å². The molecule has 51 heavy (non-hydrogen) atoms. The van der Waals surface area contributed by atoms with Crippen LogP contribution < -0.4 is 0 Å². The minimum atomic E-state index is 0.618. The van der Waals surface area contributed by atoms with E-state index >= 15 is 0 Å². The Morgan fingerprint density at radius 2 is 0.941 bits per heavy atom. The lowest BCUT2D eigenvalue weighted by Gasteiger charge is -2.12. The van der Waals surface area contributed by atoms with Crippen molar-refractivity contribution < 1.29 is 4.42 Å². The molecule has 0 bridgehead atoms. The molecule has 0 aliphatic rings. The van der Waals surface area contributed by atoms with Crippen LogP contribution in [0.5, 0.6) is 0 Å². The van der Waals surface area contributed by atoms with Crippen LogP contribution in [0.4, 0.5) is 0 Å². The number of hydrogen-bond donors (Lipinski definition) is 0. The van der Waals surface area contributed by atoms with Crippen molar-refractivity contribution in [1.82, 2.24) is 15.0 Å². The van der Waals surface area contributed by atoms with E-state index in [9.17, 15) is 0 Å². The minimum absolute atomic E-state index is 0.618. The van der Waals surface area contributed by atoms with Crippen LogP contribution in [0.2, 0.25) is 0 Å². The van der Waals surface area contributed by atoms with Gasteiger partial charge in [0.25, 0.3) is 0 Å².